The Morgan fingerprint density at radius 3 is 1.74 bits per heavy atom. The maximum atomic E-state index is 11.1. The SMILES string of the molecule is CC(C)(CCCCc1ccc(CCCCC(C)(C)C(=O)O)c(O)c1)C(=O)O. The van der Waals surface area contributed by atoms with Gasteiger partial charge in [-0.05, 0) is 83.4 Å². The number of aromatic hydroxyl groups is 1. The lowest BCUT2D eigenvalue weighted by Crippen LogP contribution is -2.23. The third-order valence-corrected chi connectivity index (χ3v) is 5.32. The van der Waals surface area contributed by atoms with Crippen LogP contribution in [0.15, 0.2) is 18.2 Å². The number of benzene rings is 1. The lowest BCUT2D eigenvalue weighted by atomic mass is 9.86. The first-order valence-corrected chi connectivity index (χ1v) is 9.73. The molecule has 1 rings (SSSR count). The van der Waals surface area contributed by atoms with Crippen molar-refractivity contribution in [3.63, 3.8) is 0 Å². The zero-order chi connectivity index (χ0) is 20.7. The predicted molar refractivity (Wildman–Crippen MR) is 106 cm³/mol. The molecule has 0 atom stereocenters. The molecule has 0 aliphatic carbocycles. The molecule has 0 saturated carbocycles. The van der Waals surface area contributed by atoms with Gasteiger partial charge >= 0.3 is 11.9 Å². The van der Waals surface area contributed by atoms with Crippen molar-refractivity contribution in [1.29, 1.82) is 0 Å². The molecule has 0 heterocycles. The molecule has 152 valence electrons. The maximum absolute atomic E-state index is 11.1. The quantitative estimate of drug-likeness (QED) is 0.443. The second kappa shape index (κ2) is 9.77. The summed E-state index contributed by atoms with van der Waals surface area (Å²) in [7, 11) is 0. The second-order valence-corrected chi connectivity index (χ2v) is 8.76. The minimum absolute atomic E-state index is 0.288. The van der Waals surface area contributed by atoms with E-state index in [2.05, 4.69) is 0 Å². The van der Waals surface area contributed by atoms with E-state index in [-0.39, 0.29) is 5.75 Å². The van der Waals surface area contributed by atoms with Crippen molar-refractivity contribution in [2.75, 3.05) is 0 Å². The average molecular weight is 379 g/mol. The standard InChI is InChI=1S/C22H34O5/c1-21(2,19(24)25)13-7-5-9-16-11-12-17(18(23)15-16)10-6-8-14-22(3,4)20(26)27/h11-12,15,23H,5-10,13-14H2,1-4H3,(H,24,25)(H,26,27). The Bertz CT molecular complexity index is 646. The van der Waals surface area contributed by atoms with Crippen LogP contribution in [0.2, 0.25) is 0 Å². The highest BCUT2D eigenvalue weighted by atomic mass is 16.4. The largest absolute Gasteiger partial charge is 0.508 e. The molecule has 0 amide bonds. The van der Waals surface area contributed by atoms with Crippen molar-refractivity contribution in [3.05, 3.63) is 29.3 Å². The lowest BCUT2D eigenvalue weighted by molar-refractivity contribution is -0.148. The van der Waals surface area contributed by atoms with Crippen LogP contribution in [-0.2, 0) is 22.4 Å². The summed E-state index contributed by atoms with van der Waals surface area (Å²) in [5.41, 5.74) is 0.540. The molecular formula is C22H34O5. The number of aliphatic carboxylic acids is 2. The number of carboxylic acid groups (broad SMARTS) is 2. The number of carboxylic acids is 2. The summed E-state index contributed by atoms with van der Waals surface area (Å²) in [4.78, 5) is 22.2. The fraction of sp³-hybridized carbons (Fsp3) is 0.636. The third kappa shape index (κ3) is 7.61. The van der Waals surface area contributed by atoms with Crippen LogP contribution in [0.1, 0.15) is 77.3 Å². The molecule has 1 aromatic carbocycles. The molecule has 5 heteroatoms. The Morgan fingerprint density at radius 2 is 1.30 bits per heavy atom. The van der Waals surface area contributed by atoms with Gasteiger partial charge in [-0.3, -0.25) is 9.59 Å². The highest BCUT2D eigenvalue weighted by Gasteiger charge is 2.26. The molecule has 0 unspecified atom stereocenters. The summed E-state index contributed by atoms with van der Waals surface area (Å²) in [6, 6.07) is 5.74. The second-order valence-electron chi connectivity index (χ2n) is 8.76. The average Bonchev–Trinajstić information content (AvgIpc) is 2.56. The van der Waals surface area contributed by atoms with E-state index in [1.807, 2.05) is 12.1 Å². The number of unbranched alkanes of at least 4 members (excludes halogenated alkanes) is 2. The van der Waals surface area contributed by atoms with E-state index in [1.54, 1.807) is 33.8 Å². The molecule has 0 aliphatic rings. The van der Waals surface area contributed by atoms with Crippen LogP contribution < -0.4 is 0 Å². The monoisotopic (exact) mass is 378 g/mol. The van der Waals surface area contributed by atoms with Crippen LogP contribution in [0.5, 0.6) is 5.75 Å². The van der Waals surface area contributed by atoms with Gasteiger partial charge in [-0.15, -0.1) is 0 Å². The van der Waals surface area contributed by atoms with Gasteiger partial charge in [-0.25, -0.2) is 0 Å². The van der Waals surface area contributed by atoms with Crippen LogP contribution >= 0.6 is 0 Å². The van der Waals surface area contributed by atoms with Gasteiger partial charge in [0.2, 0.25) is 0 Å². The first-order valence-electron chi connectivity index (χ1n) is 9.73. The smallest absolute Gasteiger partial charge is 0.309 e. The zero-order valence-corrected chi connectivity index (χ0v) is 17.0. The van der Waals surface area contributed by atoms with E-state index >= 15 is 0 Å². The van der Waals surface area contributed by atoms with Gasteiger partial charge in [0.1, 0.15) is 5.75 Å². The maximum Gasteiger partial charge on any atom is 0.309 e. The normalized spacial score (nSPS) is 12.1. The molecule has 5 nitrogen and oxygen atoms in total. The number of aryl methyl sites for hydroxylation is 2. The van der Waals surface area contributed by atoms with Crippen molar-refractivity contribution < 1.29 is 24.9 Å². The Kier molecular flexibility index (Phi) is 8.32. The molecule has 0 aliphatic heterocycles. The van der Waals surface area contributed by atoms with Gasteiger partial charge in [0.15, 0.2) is 0 Å². The van der Waals surface area contributed by atoms with E-state index in [9.17, 15) is 14.7 Å². The molecular weight excluding hydrogens is 344 g/mol. The zero-order valence-electron chi connectivity index (χ0n) is 17.0. The van der Waals surface area contributed by atoms with Crippen LogP contribution in [0.4, 0.5) is 0 Å². The van der Waals surface area contributed by atoms with E-state index < -0.39 is 22.8 Å². The summed E-state index contributed by atoms with van der Waals surface area (Å²) in [6.45, 7) is 6.96. The van der Waals surface area contributed by atoms with Gasteiger partial charge in [0, 0.05) is 0 Å². The van der Waals surface area contributed by atoms with Crippen molar-refractivity contribution in [1.82, 2.24) is 0 Å². The van der Waals surface area contributed by atoms with Crippen LogP contribution in [0, 0.1) is 10.8 Å². The topological polar surface area (TPSA) is 94.8 Å². The fourth-order valence-electron chi connectivity index (χ4n) is 2.97. The van der Waals surface area contributed by atoms with Gasteiger partial charge in [-0.1, -0.05) is 25.0 Å². The van der Waals surface area contributed by atoms with Gasteiger partial charge in [-0.2, -0.15) is 0 Å². The Balaban J connectivity index is 2.41. The molecule has 0 bridgehead atoms. The Morgan fingerprint density at radius 1 is 0.815 bits per heavy atom. The van der Waals surface area contributed by atoms with E-state index in [0.29, 0.717) is 12.8 Å². The fourth-order valence-corrected chi connectivity index (χ4v) is 2.97. The molecule has 0 spiro atoms. The molecule has 3 N–H and O–H groups in total. The van der Waals surface area contributed by atoms with E-state index in [0.717, 1.165) is 49.7 Å². The van der Waals surface area contributed by atoms with E-state index in [1.165, 1.54) is 0 Å². The highest BCUT2D eigenvalue weighted by Crippen LogP contribution is 2.27. The van der Waals surface area contributed by atoms with Gasteiger partial charge in [0.25, 0.3) is 0 Å². The number of hydrogen-bond acceptors (Lipinski definition) is 3. The summed E-state index contributed by atoms with van der Waals surface area (Å²) in [5.74, 6) is -1.26. The number of phenolic OH excluding ortho intramolecular Hbond substituents is 1. The lowest BCUT2D eigenvalue weighted by Gasteiger charge is -2.18. The first kappa shape index (κ1) is 23.0. The Hall–Kier alpha value is -2.04. The number of carbonyl (C=O) groups is 2. The molecule has 0 aromatic heterocycles. The number of hydrogen-bond donors (Lipinski definition) is 3. The summed E-state index contributed by atoms with van der Waals surface area (Å²) in [6.07, 6.45) is 6.17. The van der Waals surface area contributed by atoms with Crippen molar-refractivity contribution >= 4 is 11.9 Å². The Labute approximate surface area is 162 Å². The van der Waals surface area contributed by atoms with Crippen LogP contribution in [-0.4, -0.2) is 27.3 Å². The van der Waals surface area contributed by atoms with Crippen LogP contribution in [0.3, 0.4) is 0 Å². The molecule has 0 saturated heterocycles. The molecule has 0 radical (unpaired) electrons. The van der Waals surface area contributed by atoms with Crippen molar-refractivity contribution in [2.24, 2.45) is 10.8 Å². The minimum atomic E-state index is -0.776. The van der Waals surface area contributed by atoms with Crippen LogP contribution in [0.25, 0.3) is 0 Å². The predicted octanol–water partition coefficient (Wildman–Crippen LogP) is 5.04. The van der Waals surface area contributed by atoms with Crippen molar-refractivity contribution in [2.45, 2.75) is 79.1 Å². The van der Waals surface area contributed by atoms with Crippen molar-refractivity contribution in [3.8, 4) is 5.75 Å². The van der Waals surface area contributed by atoms with E-state index in [4.69, 9.17) is 10.2 Å². The summed E-state index contributed by atoms with van der Waals surface area (Å²) in [5, 5.41) is 28.5. The van der Waals surface area contributed by atoms with Gasteiger partial charge in [0.05, 0.1) is 10.8 Å². The number of phenols is 1. The third-order valence-electron chi connectivity index (χ3n) is 5.32. The molecule has 1 aromatic rings. The van der Waals surface area contributed by atoms with Gasteiger partial charge < -0.3 is 15.3 Å². The number of rotatable bonds is 12. The summed E-state index contributed by atoms with van der Waals surface area (Å²) >= 11 is 0. The highest BCUT2D eigenvalue weighted by molar-refractivity contribution is 5.73. The summed E-state index contributed by atoms with van der Waals surface area (Å²) < 4.78 is 0. The molecule has 0 fully saturated rings. The minimum Gasteiger partial charge on any atom is -0.508 e. The first-order chi connectivity index (χ1) is 12.5. The molecule has 27 heavy (non-hydrogen) atoms.